The number of fused-ring (bicyclic) bond motifs is 1. The van der Waals surface area contributed by atoms with E-state index in [0.29, 0.717) is 12.5 Å². The molecule has 114 valence electrons. The summed E-state index contributed by atoms with van der Waals surface area (Å²) in [6.45, 7) is 8.98. The molecule has 1 aromatic carbocycles. The molecule has 0 saturated heterocycles. The van der Waals surface area contributed by atoms with Gasteiger partial charge in [0.1, 0.15) is 5.82 Å². The Morgan fingerprint density at radius 3 is 2.62 bits per heavy atom. The Kier molecular flexibility index (Phi) is 4.66. The minimum absolute atomic E-state index is 0.129. The second kappa shape index (κ2) is 6.29. The van der Waals surface area contributed by atoms with Crippen LogP contribution >= 0.6 is 0 Å². The third-order valence-electron chi connectivity index (χ3n) is 4.10. The second-order valence-electron chi connectivity index (χ2n) is 5.88. The Morgan fingerprint density at radius 2 is 2.00 bits per heavy atom. The molecule has 2 rings (SSSR count). The number of carboxylic acids is 1. The smallest absolute Gasteiger partial charge is 0.305 e. The van der Waals surface area contributed by atoms with Crippen LogP contribution in [-0.2, 0) is 11.3 Å². The molecule has 4 heteroatoms. The van der Waals surface area contributed by atoms with Crippen molar-refractivity contribution in [1.82, 2.24) is 9.55 Å². The number of benzene rings is 1. The maximum Gasteiger partial charge on any atom is 0.305 e. The van der Waals surface area contributed by atoms with Crippen LogP contribution in [-0.4, -0.2) is 20.6 Å². The molecule has 1 unspecified atom stereocenters. The van der Waals surface area contributed by atoms with Crippen molar-refractivity contribution in [3.63, 3.8) is 0 Å². The van der Waals surface area contributed by atoms with Crippen molar-refractivity contribution >= 4 is 17.0 Å². The highest BCUT2D eigenvalue weighted by Gasteiger charge is 2.17. The minimum atomic E-state index is -0.769. The monoisotopic (exact) mass is 288 g/mol. The molecule has 2 aromatic rings. The fourth-order valence-electron chi connectivity index (χ4n) is 2.78. The molecule has 21 heavy (non-hydrogen) atoms. The van der Waals surface area contributed by atoms with Crippen molar-refractivity contribution in [3.05, 3.63) is 29.1 Å². The summed E-state index contributed by atoms with van der Waals surface area (Å²) in [5.41, 5.74) is 4.47. The lowest BCUT2D eigenvalue weighted by molar-refractivity contribution is -0.137. The standard InChI is InChI=1S/C17H24N2O2/c1-5-6-11(2)17-18-14-9-12(3)13(4)10-15(14)19(17)8-7-16(20)21/h9-11H,5-8H2,1-4H3,(H,20,21). The molecule has 0 fully saturated rings. The van der Waals surface area contributed by atoms with Crippen LogP contribution in [0.25, 0.3) is 11.0 Å². The molecule has 0 amide bonds. The van der Waals surface area contributed by atoms with Crippen LogP contribution in [0, 0.1) is 13.8 Å². The maximum absolute atomic E-state index is 10.9. The third kappa shape index (κ3) is 3.26. The summed E-state index contributed by atoms with van der Waals surface area (Å²) < 4.78 is 2.09. The van der Waals surface area contributed by atoms with Crippen molar-refractivity contribution < 1.29 is 9.90 Å². The van der Waals surface area contributed by atoms with E-state index >= 15 is 0 Å². The highest BCUT2D eigenvalue weighted by atomic mass is 16.4. The number of imidazole rings is 1. The Labute approximate surface area is 125 Å². The van der Waals surface area contributed by atoms with Gasteiger partial charge in [0.05, 0.1) is 17.5 Å². The Morgan fingerprint density at radius 1 is 1.33 bits per heavy atom. The molecule has 1 atom stereocenters. The van der Waals surface area contributed by atoms with Crippen LogP contribution in [0.1, 0.15) is 56.0 Å². The van der Waals surface area contributed by atoms with Gasteiger partial charge in [-0.3, -0.25) is 4.79 Å². The van der Waals surface area contributed by atoms with Crippen molar-refractivity contribution in [2.45, 2.75) is 59.4 Å². The molecule has 0 saturated carbocycles. The number of nitrogens with zero attached hydrogens (tertiary/aromatic N) is 2. The van der Waals surface area contributed by atoms with E-state index in [1.165, 1.54) is 11.1 Å². The first-order valence-electron chi connectivity index (χ1n) is 7.63. The first kappa shape index (κ1) is 15.5. The van der Waals surface area contributed by atoms with Gasteiger partial charge in [0.25, 0.3) is 0 Å². The molecular weight excluding hydrogens is 264 g/mol. The van der Waals surface area contributed by atoms with E-state index in [9.17, 15) is 4.79 Å². The summed E-state index contributed by atoms with van der Waals surface area (Å²) in [4.78, 5) is 15.7. The number of aromatic nitrogens is 2. The van der Waals surface area contributed by atoms with Gasteiger partial charge in [0.2, 0.25) is 0 Å². The van der Waals surface area contributed by atoms with E-state index in [1.807, 2.05) is 0 Å². The van der Waals surface area contributed by atoms with Crippen LogP contribution in [0.15, 0.2) is 12.1 Å². The van der Waals surface area contributed by atoms with Crippen LogP contribution < -0.4 is 0 Å². The lowest BCUT2D eigenvalue weighted by Crippen LogP contribution is -2.10. The van der Waals surface area contributed by atoms with Gasteiger partial charge in [0.15, 0.2) is 0 Å². The van der Waals surface area contributed by atoms with Gasteiger partial charge in [-0.05, 0) is 43.5 Å². The van der Waals surface area contributed by atoms with E-state index in [1.54, 1.807) is 0 Å². The highest BCUT2D eigenvalue weighted by Crippen LogP contribution is 2.27. The van der Waals surface area contributed by atoms with E-state index < -0.39 is 5.97 Å². The van der Waals surface area contributed by atoms with Gasteiger partial charge in [0, 0.05) is 12.5 Å². The Hall–Kier alpha value is -1.84. The predicted molar refractivity (Wildman–Crippen MR) is 84.8 cm³/mol. The molecule has 1 aromatic heterocycles. The third-order valence-corrected chi connectivity index (χ3v) is 4.10. The lowest BCUT2D eigenvalue weighted by Gasteiger charge is -2.13. The summed E-state index contributed by atoms with van der Waals surface area (Å²) in [7, 11) is 0. The SMILES string of the molecule is CCCC(C)c1nc2cc(C)c(C)cc2n1CCC(=O)O. The molecule has 0 aliphatic carbocycles. The van der Waals surface area contributed by atoms with Crippen molar-refractivity contribution in [2.75, 3.05) is 0 Å². The van der Waals surface area contributed by atoms with Gasteiger partial charge in [-0.15, -0.1) is 0 Å². The molecule has 0 aliphatic heterocycles. The number of aryl methyl sites for hydroxylation is 3. The van der Waals surface area contributed by atoms with E-state index in [4.69, 9.17) is 10.1 Å². The number of carboxylic acid groups (broad SMARTS) is 1. The van der Waals surface area contributed by atoms with Crippen molar-refractivity contribution in [2.24, 2.45) is 0 Å². The number of hydrogen-bond acceptors (Lipinski definition) is 2. The maximum atomic E-state index is 10.9. The topological polar surface area (TPSA) is 55.1 Å². The van der Waals surface area contributed by atoms with E-state index in [0.717, 1.165) is 29.7 Å². The van der Waals surface area contributed by atoms with Crippen molar-refractivity contribution in [1.29, 1.82) is 0 Å². The molecule has 4 nitrogen and oxygen atoms in total. The zero-order chi connectivity index (χ0) is 15.6. The average Bonchev–Trinajstić information content (AvgIpc) is 2.75. The largest absolute Gasteiger partial charge is 0.481 e. The number of hydrogen-bond donors (Lipinski definition) is 1. The summed E-state index contributed by atoms with van der Waals surface area (Å²) >= 11 is 0. The molecule has 1 heterocycles. The number of aliphatic carboxylic acids is 1. The van der Waals surface area contributed by atoms with Crippen molar-refractivity contribution in [3.8, 4) is 0 Å². The lowest BCUT2D eigenvalue weighted by atomic mass is 10.1. The van der Waals surface area contributed by atoms with Gasteiger partial charge < -0.3 is 9.67 Å². The molecule has 0 aliphatic rings. The summed E-state index contributed by atoms with van der Waals surface area (Å²) in [5.74, 6) is 0.588. The van der Waals surface area contributed by atoms with Crippen LogP contribution in [0.5, 0.6) is 0 Å². The fraction of sp³-hybridized carbons (Fsp3) is 0.529. The summed E-state index contributed by atoms with van der Waals surface area (Å²) in [6.07, 6.45) is 2.29. The average molecular weight is 288 g/mol. The Bertz CT molecular complexity index is 658. The first-order chi connectivity index (χ1) is 9.93. The van der Waals surface area contributed by atoms with Gasteiger partial charge in [-0.25, -0.2) is 4.98 Å². The van der Waals surface area contributed by atoms with Crippen LogP contribution in [0.3, 0.4) is 0 Å². The molecule has 0 bridgehead atoms. The van der Waals surface area contributed by atoms with Gasteiger partial charge in [-0.1, -0.05) is 20.3 Å². The Balaban J connectivity index is 2.54. The fourth-order valence-corrected chi connectivity index (χ4v) is 2.78. The predicted octanol–water partition coefficient (Wildman–Crippen LogP) is 4.03. The second-order valence-corrected chi connectivity index (χ2v) is 5.88. The highest BCUT2D eigenvalue weighted by molar-refractivity contribution is 5.78. The first-order valence-corrected chi connectivity index (χ1v) is 7.63. The summed E-state index contributed by atoms with van der Waals surface area (Å²) in [5, 5.41) is 8.98. The van der Waals surface area contributed by atoms with Crippen LogP contribution in [0.2, 0.25) is 0 Å². The molecular formula is C17H24N2O2. The quantitative estimate of drug-likeness (QED) is 0.873. The van der Waals surface area contributed by atoms with E-state index in [2.05, 4.69) is 44.4 Å². The van der Waals surface area contributed by atoms with Gasteiger partial charge >= 0.3 is 5.97 Å². The summed E-state index contributed by atoms with van der Waals surface area (Å²) in [6, 6.07) is 4.23. The van der Waals surface area contributed by atoms with Crippen LogP contribution in [0.4, 0.5) is 0 Å². The number of rotatable bonds is 6. The molecule has 0 spiro atoms. The normalized spacial score (nSPS) is 12.8. The van der Waals surface area contributed by atoms with E-state index in [-0.39, 0.29) is 6.42 Å². The minimum Gasteiger partial charge on any atom is -0.481 e. The molecule has 0 radical (unpaired) electrons. The molecule has 1 N–H and O–H groups in total. The zero-order valence-corrected chi connectivity index (χ0v) is 13.3. The number of carbonyl (C=O) groups is 1. The zero-order valence-electron chi connectivity index (χ0n) is 13.3. The van der Waals surface area contributed by atoms with Gasteiger partial charge in [-0.2, -0.15) is 0 Å².